The molecule has 0 aliphatic carbocycles. The molecular weight excluding hydrogens is 362 g/mol. The maximum Gasteiger partial charge on any atom is 0.342 e. The van der Waals surface area contributed by atoms with Crippen LogP contribution in [0, 0.1) is 6.92 Å². The number of carbonyl (C=O) groups is 2. The molecule has 0 spiro atoms. The molecule has 2 aromatic carbocycles. The quantitative estimate of drug-likeness (QED) is 0.602. The second kappa shape index (κ2) is 8.78. The first-order chi connectivity index (χ1) is 11.9. The average molecular weight is 380 g/mol. The van der Waals surface area contributed by atoms with Crippen molar-refractivity contribution >= 4 is 40.9 Å². The van der Waals surface area contributed by atoms with Crippen molar-refractivity contribution in [2.75, 3.05) is 25.3 Å². The Hall–Kier alpha value is -2.18. The molecule has 132 valence electrons. The second-order valence-electron chi connectivity index (χ2n) is 5.17. The Morgan fingerprint density at radius 2 is 1.96 bits per heavy atom. The van der Waals surface area contributed by atoms with E-state index in [9.17, 15) is 9.59 Å². The van der Waals surface area contributed by atoms with Gasteiger partial charge in [-0.05, 0) is 49.1 Å². The van der Waals surface area contributed by atoms with Crippen molar-refractivity contribution in [1.29, 1.82) is 0 Å². The molecule has 0 aliphatic rings. The van der Waals surface area contributed by atoms with Crippen molar-refractivity contribution in [3.8, 4) is 5.75 Å². The zero-order valence-corrected chi connectivity index (χ0v) is 15.7. The molecule has 0 aliphatic heterocycles. The van der Waals surface area contributed by atoms with Gasteiger partial charge in [0.05, 0.1) is 17.8 Å². The Kier molecular flexibility index (Phi) is 6.73. The minimum atomic E-state index is -0.630. The van der Waals surface area contributed by atoms with Gasteiger partial charge in [0.2, 0.25) is 0 Å². The standard InChI is InChI=1S/C18H18ClNO4S/c1-11-4-7-15(14(19)8-11)20-17(21)10-24-18(22)13-6-5-12(25-3)9-16(13)23-2/h4-9H,10H2,1-3H3,(H,20,21). The maximum atomic E-state index is 12.2. The Labute approximate surface area is 155 Å². The van der Waals surface area contributed by atoms with Crippen LogP contribution in [0.15, 0.2) is 41.3 Å². The number of esters is 1. The Bertz CT molecular complexity index is 795. The number of nitrogens with one attached hydrogen (secondary N) is 1. The number of thioether (sulfide) groups is 1. The molecule has 0 unspecified atom stereocenters. The van der Waals surface area contributed by atoms with Crippen LogP contribution in [0.25, 0.3) is 0 Å². The van der Waals surface area contributed by atoms with Crippen molar-refractivity contribution in [2.45, 2.75) is 11.8 Å². The van der Waals surface area contributed by atoms with Gasteiger partial charge in [0.25, 0.3) is 5.91 Å². The lowest BCUT2D eigenvalue weighted by Gasteiger charge is -2.11. The third kappa shape index (κ3) is 5.14. The highest BCUT2D eigenvalue weighted by Gasteiger charge is 2.16. The Balaban J connectivity index is 1.98. The van der Waals surface area contributed by atoms with Crippen LogP contribution in [0.1, 0.15) is 15.9 Å². The van der Waals surface area contributed by atoms with Crippen LogP contribution in [-0.2, 0) is 9.53 Å². The predicted octanol–water partition coefficient (Wildman–Crippen LogP) is 4.17. The van der Waals surface area contributed by atoms with E-state index in [1.807, 2.05) is 19.2 Å². The van der Waals surface area contributed by atoms with Gasteiger partial charge in [-0.2, -0.15) is 0 Å². The van der Waals surface area contributed by atoms with Crippen molar-refractivity contribution in [3.63, 3.8) is 0 Å². The van der Waals surface area contributed by atoms with E-state index in [-0.39, 0.29) is 5.56 Å². The number of anilines is 1. The van der Waals surface area contributed by atoms with Crippen molar-refractivity contribution < 1.29 is 19.1 Å². The molecule has 2 aromatic rings. The average Bonchev–Trinajstić information content (AvgIpc) is 2.61. The summed E-state index contributed by atoms with van der Waals surface area (Å²) in [6.07, 6.45) is 1.92. The number of ether oxygens (including phenoxy) is 2. The molecule has 0 atom stereocenters. The van der Waals surface area contributed by atoms with E-state index in [1.54, 1.807) is 30.3 Å². The van der Waals surface area contributed by atoms with Gasteiger partial charge in [-0.3, -0.25) is 4.79 Å². The van der Waals surface area contributed by atoms with Gasteiger partial charge in [0.15, 0.2) is 6.61 Å². The van der Waals surface area contributed by atoms with E-state index in [1.165, 1.54) is 18.9 Å². The largest absolute Gasteiger partial charge is 0.496 e. The van der Waals surface area contributed by atoms with Crippen LogP contribution in [0.3, 0.4) is 0 Å². The number of halogens is 1. The summed E-state index contributed by atoms with van der Waals surface area (Å²) in [7, 11) is 1.47. The molecule has 0 aromatic heterocycles. The zero-order valence-electron chi connectivity index (χ0n) is 14.1. The highest BCUT2D eigenvalue weighted by Crippen LogP contribution is 2.26. The summed E-state index contributed by atoms with van der Waals surface area (Å²) in [5.74, 6) is -0.702. The number of carbonyl (C=O) groups excluding carboxylic acids is 2. The smallest absolute Gasteiger partial charge is 0.342 e. The van der Waals surface area contributed by atoms with E-state index < -0.39 is 18.5 Å². The fourth-order valence-corrected chi connectivity index (χ4v) is 2.80. The lowest BCUT2D eigenvalue weighted by atomic mass is 10.2. The summed E-state index contributed by atoms with van der Waals surface area (Å²) < 4.78 is 10.3. The molecular formula is C18H18ClNO4S. The summed E-state index contributed by atoms with van der Waals surface area (Å²) in [5, 5.41) is 3.03. The molecule has 5 nitrogen and oxygen atoms in total. The first-order valence-electron chi connectivity index (χ1n) is 7.39. The molecule has 0 fully saturated rings. The molecule has 0 saturated heterocycles. The van der Waals surface area contributed by atoms with E-state index in [0.29, 0.717) is 16.5 Å². The van der Waals surface area contributed by atoms with E-state index in [0.717, 1.165) is 10.5 Å². The van der Waals surface area contributed by atoms with Gasteiger partial charge in [-0.1, -0.05) is 17.7 Å². The van der Waals surface area contributed by atoms with Crippen molar-refractivity contribution in [3.05, 3.63) is 52.5 Å². The number of benzene rings is 2. The molecule has 0 bridgehead atoms. The summed E-state index contributed by atoms with van der Waals surface area (Å²) in [5.41, 5.74) is 1.71. The molecule has 7 heteroatoms. The SMILES string of the molecule is COc1cc(SC)ccc1C(=O)OCC(=O)Nc1ccc(C)cc1Cl. The topological polar surface area (TPSA) is 64.6 Å². The van der Waals surface area contributed by atoms with E-state index in [4.69, 9.17) is 21.1 Å². The minimum absolute atomic E-state index is 0.265. The number of methoxy groups -OCH3 is 1. The van der Waals surface area contributed by atoms with Crippen LogP contribution in [0.4, 0.5) is 5.69 Å². The van der Waals surface area contributed by atoms with Gasteiger partial charge >= 0.3 is 5.97 Å². The third-order valence-electron chi connectivity index (χ3n) is 3.36. The lowest BCUT2D eigenvalue weighted by Crippen LogP contribution is -2.21. The summed E-state index contributed by atoms with van der Waals surface area (Å²) >= 11 is 7.59. The Morgan fingerprint density at radius 1 is 1.20 bits per heavy atom. The molecule has 2 rings (SSSR count). The molecule has 0 radical (unpaired) electrons. The molecule has 1 N–H and O–H groups in total. The first kappa shape index (κ1) is 19.1. The first-order valence-corrected chi connectivity index (χ1v) is 9.00. The van der Waals surface area contributed by atoms with Gasteiger partial charge in [-0.15, -0.1) is 11.8 Å². The van der Waals surface area contributed by atoms with E-state index >= 15 is 0 Å². The third-order valence-corrected chi connectivity index (χ3v) is 4.40. The highest BCUT2D eigenvalue weighted by molar-refractivity contribution is 7.98. The zero-order chi connectivity index (χ0) is 18.4. The molecule has 1 amide bonds. The predicted molar refractivity (Wildman–Crippen MR) is 99.9 cm³/mol. The highest BCUT2D eigenvalue weighted by atomic mass is 35.5. The molecule has 0 saturated carbocycles. The summed E-state index contributed by atoms with van der Waals surface area (Å²) in [4.78, 5) is 25.1. The number of amides is 1. The number of hydrogen-bond acceptors (Lipinski definition) is 5. The van der Waals surface area contributed by atoms with Crippen LogP contribution < -0.4 is 10.1 Å². The minimum Gasteiger partial charge on any atom is -0.496 e. The van der Waals surface area contributed by atoms with Crippen LogP contribution in [0.5, 0.6) is 5.75 Å². The van der Waals surface area contributed by atoms with Crippen LogP contribution >= 0.6 is 23.4 Å². The van der Waals surface area contributed by atoms with Gasteiger partial charge in [0, 0.05) is 4.90 Å². The number of hydrogen-bond donors (Lipinski definition) is 1. The summed E-state index contributed by atoms with van der Waals surface area (Å²) in [6, 6.07) is 10.4. The number of rotatable bonds is 6. The summed E-state index contributed by atoms with van der Waals surface area (Å²) in [6.45, 7) is 1.48. The number of aryl methyl sites for hydroxylation is 1. The van der Waals surface area contributed by atoms with Crippen molar-refractivity contribution in [2.24, 2.45) is 0 Å². The lowest BCUT2D eigenvalue weighted by molar-refractivity contribution is -0.119. The normalized spacial score (nSPS) is 10.2. The Morgan fingerprint density at radius 3 is 2.60 bits per heavy atom. The molecule has 25 heavy (non-hydrogen) atoms. The van der Waals surface area contributed by atoms with Crippen LogP contribution in [0.2, 0.25) is 5.02 Å². The van der Waals surface area contributed by atoms with Crippen molar-refractivity contribution in [1.82, 2.24) is 0 Å². The van der Waals surface area contributed by atoms with Crippen LogP contribution in [-0.4, -0.2) is 31.8 Å². The van der Waals surface area contributed by atoms with Gasteiger partial charge in [0.1, 0.15) is 11.3 Å². The molecule has 0 heterocycles. The fraction of sp³-hybridized carbons (Fsp3) is 0.222. The maximum absolute atomic E-state index is 12.2. The second-order valence-corrected chi connectivity index (χ2v) is 6.46. The van der Waals surface area contributed by atoms with E-state index in [2.05, 4.69) is 5.32 Å². The van der Waals surface area contributed by atoms with Gasteiger partial charge < -0.3 is 14.8 Å². The monoisotopic (exact) mass is 379 g/mol. The fourth-order valence-electron chi connectivity index (χ4n) is 2.08. The van der Waals surface area contributed by atoms with Gasteiger partial charge in [-0.25, -0.2) is 4.79 Å².